The first kappa shape index (κ1) is 12.0. The Kier molecular flexibility index (Phi) is 3.72. The second kappa shape index (κ2) is 4.65. The molecule has 0 saturated carbocycles. The molecule has 0 aliphatic rings. The maximum Gasteiger partial charge on any atom is 0.377 e. The van der Waals surface area contributed by atoms with Crippen LogP contribution in [-0.2, 0) is 11.2 Å². The van der Waals surface area contributed by atoms with Gasteiger partial charge in [-0.3, -0.25) is 4.79 Å². The van der Waals surface area contributed by atoms with Crippen molar-refractivity contribution in [3.05, 3.63) is 26.8 Å². The van der Waals surface area contributed by atoms with Gasteiger partial charge in [-0.25, -0.2) is 14.2 Å². The highest BCUT2D eigenvalue weighted by Gasteiger charge is 2.24. The quantitative estimate of drug-likeness (QED) is 0.398. The van der Waals surface area contributed by atoms with Crippen molar-refractivity contribution in [2.45, 2.75) is 13.3 Å². The standard InChI is InChI=1S/C9H7FINO3/c1-2-4-3-12-8(11)6(10)5(4)7(13)9(14)15/h3H,2H2,1H3,(H,14,15). The molecule has 80 valence electrons. The van der Waals surface area contributed by atoms with Crippen molar-refractivity contribution in [3.8, 4) is 0 Å². The summed E-state index contributed by atoms with van der Waals surface area (Å²) in [5, 5.41) is 8.53. The van der Waals surface area contributed by atoms with Crippen LogP contribution in [0.3, 0.4) is 0 Å². The van der Waals surface area contributed by atoms with Gasteiger partial charge < -0.3 is 5.11 Å². The van der Waals surface area contributed by atoms with Crippen LogP contribution in [0.4, 0.5) is 4.39 Å². The maximum atomic E-state index is 13.5. The number of rotatable bonds is 3. The third kappa shape index (κ3) is 2.31. The van der Waals surface area contributed by atoms with Gasteiger partial charge in [-0.05, 0) is 34.6 Å². The van der Waals surface area contributed by atoms with E-state index < -0.39 is 17.6 Å². The zero-order valence-electron chi connectivity index (χ0n) is 7.75. The van der Waals surface area contributed by atoms with E-state index in [-0.39, 0.29) is 9.26 Å². The first-order valence-corrected chi connectivity index (χ1v) is 5.17. The van der Waals surface area contributed by atoms with Crippen LogP contribution in [0.1, 0.15) is 22.8 Å². The zero-order chi connectivity index (χ0) is 11.6. The molecule has 0 amide bonds. The van der Waals surface area contributed by atoms with Gasteiger partial charge in [0.25, 0.3) is 5.78 Å². The van der Waals surface area contributed by atoms with Crippen molar-refractivity contribution < 1.29 is 19.1 Å². The predicted molar refractivity (Wildman–Crippen MR) is 58.3 cm³/mol. The van der Waals surface area contributed by atoms with E-state index in [0.29, 0.717) is 12.0 Å². The number of nitrogens with zero attached hydrogens (tertiary/aromatic N) is 1. The van der Waals surface area contributed by atoms with E-state index in [0.717, 1.165) is 0 Å². The highest BCUT2D eigenvalue weighted by molar-refractivity contribution is 14.1. The molecule has 0 aliphatic heterocycles. The van der Waals surface area contributed by atoms with E-state index in [2.05, 4.69) is 4.98 Å². The number of Topliss-reactive ketones (excluding diaryl/α,β-unsaturated/α-hetero) is 1. The minimum Gasteiger partial charge on any atom is -0.475 e. The smallest absolute Gasteiger partial charge is 0.377 e. The van der Waals surface area contributed by atoms with Crippen LogP contribution < -0.4 is 0 Å². The summed E-state index contributed by atoms with van der Waals surface area (Å²) in [7, 11) is 0. The molecule has 0 atom stereocenters. The van der Waals surface area contributed by atoms with Crippen molar-refractivity contribution in [1.82, 2.24) is 4.98 Å². The van der Waals surface area contributed by atoms with Crippen LogP contribution in [-0.4, -0.2) is 21.8 Å². The molecule has 0 aliphatic carbocycles. The topological polar surface area (TPSA) is 67.3 Å². The lowest BCUT2D eigenvalue weighted by Crippen LogP contribution is -2.18. The number of carbonyl (C=O) groups is 2. The van der Waals surface area contributed by atoms with Gasteiger partial charge in [0.15, 0.2) is 5.82 Å². The van der Waals surface area contributed by atoms with Crippen molar-refractivity contribution in [2.75, 3.05) is 0 Å². The Bertz CT molecular complexity index is 434. The molecular weight excluding hydrogens is 316 g/mol. The highest BCUT2D eigenvalue weighted by atomic mass is 127. The molecule has 0 unspecified atom stereocenters. The van der Waals surface area contributed by atoms with E-state index in [1.807, 2.05) is 0 Å². The van der Waals surface area contributed by atoms with Crippen molar-refractivity contribution >= 4 is 34.3 Å². The van der Waals surface area contributed by atoms with E-state index >= 15 is 0 Å². The number of carbonyl (C=O) groups excluding carboxylic acids is 1. The maximum absolute atomic E-state index is 13.5. The van der Waals surface area contributed by atoms with Crippen LogP contribution in [0.25, 0.3) is 0 Å². The van der Waals surface area contributed by atoms with Crippen LogP contribution in [0.15, 0.2) is 6.20 Å². The summed E-state index contributed by atoms with van der Waals surface area (Å²) in [4.78, 5) is 25.4. The number of carboxylic acid groups (broad SMARTS) is 1. The lowest BCUT2D eigenvalue weighted by Gasteiger charge is -2.06. The summed E-state index contributed by atoms with van der Waals surface area (Å²) in [5.41, 5.74) is -0.0790. The molecule has 0 saturated heterocycles. The third-order valence-corrected chi connectivity index (χ3v) is 2.61. The molecule has 4 nitrogen and oxygen atoms in total. The SMILES string of the molecule is CCc1cnc(I)c(F)c1C(=O)C(=O)O. The van der Waals surface area contributed by atoms with Gasteiger partial charge >= 0.3 is 5.97 Å². The zero-order valence-corrected chi connectivity index (χ0v) is 9.91. The molecule has 0 fully saturated rings. The number of hydrogen-bond donors (Lipinski definition) is 1. The van der Waals surface area contributed by atoms with Gasteiger partial charge in [0.05, 0.1) is 5.56 Å². The predicted octanol–water partition coefficient (Wildman–Crippen LogP) is 1.65. The third-order valence-electron chi connectivity index (χ3n) is 1.86. The molecule has 0 aromatic carbocycles. The number of aryl methyl sites for hydroxylation is 1. The molecular formula is C9H7FINO3. The van der Waals surface area contributed by atoms with E-state index in [1.165, 1.54) is 6.20 Å². The number of pyridine rings is 1. The fourth-order valence-electron chi connectivity index (χ4n) is 1.12. The molecule has 15 heavy (non-hydrogen) atoms. The Hall–Kier alpha value is -1.05. The molecule has 6 heteroatoms. The fraction of sp³-hybridized carbons (Fsp3) is 0.222. The summed E-state index contributed by atoms with van der Waals surface area (Å²) >= 11 is 1.61. The van der Waals surface area contributed by atoms with Gasteiger partial charge in [0.2, 0.25) is 0 Å². The lowest BCUT2D eigenvalue weighted by atomic mass is 10.0. The second-order valence-electron chi connectivity index (χ2n) is 2.75. The molecule has 1 aromatic rings. The van der Waals surface area contributed by atoms with Crippen LogP contribution in [0.5, 0.6) is 0 Å². The van der Waals surface area contributed by atoms with Gasteiger partial charge in [0.1, 0.15) is 3.70 Å². The molecule has 0 radical (unpaired) electrons. The summed E-state index contributed by atoms with van der Waals surface area (Å²) in [6.07, 6.45) is 1.68. The minimum absolute atomic E-state index is 0.00519. The second-order valence-corrected chi connectivity index (χ2v) is 3.77. The Balaban J connectivity index is 3.42. The number of halogens is 2. The number of aromatic nitrogens is 1. The van der Waals surface area contributed by atoms with Crippen LogP contribution in [0, 0.1) is 9.52 Å². The number of aliphatic carboxylic acids is 1. The molecule has 1 rings (SSSR count). The number of hydrogen-bond acceptors (Lipinski definition) is 3. The number of ketones is 1. The first-order valence-electron chi connectivity index (χ1n) is 4.09. The summed E-state index contributed by atoms with van der Waals surface area (Å²) in [5.74, 6) is -3.75. The van der Waals surface area contributed by atoms with Gasteiger partial charge in [-0.15, -0.1) is 0 Å². The highest BCUT2D eigenvalue weighted by Crippen LogP contribution is 2.18. The molecule has 0 spiro atoms. The van der Waals surface area contributed by atoms with Crippen LogP contribution >= 0.6 is 22.6 Å². The van der Waals surface area contributed by atoms with E-state index in [9.17, 15) is 14.0 Å². The first-order chi connectivity index (χ1) is 6.99. The van der Waals surface area contributed by atoms with E-state index in [1.54, 1.807) is 29.5 Å². The lowest BCUT2D eigenvalue weighted by molar-refractivity contribution is -0.131. The fourth-order valence-corrected chi connectivity index (χ4v) is 1.53. The largest absolute Gasteiger partial charge is 0.475 e. The van der Waals surface area contributed by atoms with Crippen molar-refractivity contribution in [2.24, 2.45) is 0 Å². The Morgan fingerprint density at radius 3 is 2.67 bits per heavy atom. The molecule has 0 bridgehead atoms. The van der Waals surface area contributed by atoms with Crippen LogP contribution in [0.2, 0.25) is 0 Å². The van der Waals surface area contributed by atoms with E-state index in [4.69, 9.17) is 5.11 Å². The Morgan fingerprint density at radius 1 is 1.60 bits per heavy atom. The Labute approximate surface area is 98.7 Å². The van der Waals surface area contributed by atoms with Gasteiger partial charge in [0, 0.05) is 6.20 Å². The Morgan fingerprint density at radius 2 is 2.20 bits per heavy atom. The monoisotopic (exact) mass is 323 g/mol. The van der Waals surface area contributed by atoms with Crippen molar-refractivity contribution in [3.63, 3.8) is 0 Å². The average Bonchev–Trinajstić information content (AvgIpc) is 2.20. The van der Waals surface area contributed by atoms with Gasteiger partial charge in [-0.1, -0.05) is 6.92 Å². The molecule has 1 N–H and O–H groups in total. The average molecular weight is 323 g/mol. The summed E-state index contributed by atoms with van der Waals surface area (Å²) in [6.45, 7) is 1.70. The number of carboxylic acids is 1. The normalized spacial score (nSPS) is 10.1. The summed E-state index contributed by atoms with van der Waals surface area (Å²) in [6, 6.07) is 0. The van der Waals surface area contributed by atoms with Crippen molar-refractivity contribution in [1.29, 1.82) is 0 Å². The van der Waals surface area contributed by atoms with Gasteiger partial charge in [-0.2, -0.15) is 0 Å². The molecule has 1 aromatic heterocycles. The minimum atomic E-state index is -1.66. The molecule has 1 heterocycles. The summed E-state index contributed by atoms with van der Waals surface area (Å²) < 4.78 is 13.5.